The van der Waals surface area contributed by atoms with Gasteiger partial charge >= 0.3 is 0 Å². The Hall–Kier alpha value is -1.51. The number of carbonyl (C=O) groups is 2. The molecule has 1 rings (SSSR count). The number of Topliss-reactive ketones (excluding diaryl/α,β-unsaturated/α-hetero) is 1. The number of hydrogen-bond acceptors (Lipinski definition) is 2. The normalized spacial score (nSPS) is 9.69. The second kappa shape index (κ2) is 3.94. The fourth-order valence-corrected chi connectivity index (χ4v) is 1.10. The number of ketones is 1. The lowest BCUT2D eigenvalue weighted by Gasteiger charge is -2.01. The monoisotopic (exact) mass is 180 g/mol. The van der Waals surface area contributed by atoms with Crippen LogP contribution in [0.2, 0.25) is 0 Å². The molecule has 0 bridgehead atoms. The SMILES string of the molecule is CC(=O)Cc1ccc(F)cc1C=O. The first-order valence-electron chi connectivity index (χ1n) is 3.86. The molecule has 1 aromatic rings. The van der Waals surface area contributed by atoms with E-state index in [0.29, 0.717) is 11.8 Å². The molecule has 3 heteroatoms. The Labute approximate surface area is 75.4 Å². The zero-order valence-corrected chi connectivity index (χ0v) is 7.21. The van der Waals surface area contributed by atoms with Crippen molar-refractivity contribution in [1.29, 1.82) is 0 Å². The quantitative estimate of drug-likeness (QED) is 0.664. The second-order valence-corrected chi connectivity index (χ2v) is 2.84. The Morgan fingerprint density at radius 1 is 1.54 bits per heavy atom. The summed E-state index contributed by atoms with van der Waals surface area (Å²) in [6, 6.07) is 3.83. The van der Waals surface area contributed by atoms with Gasteiger partial charge in [0, 0.05) is 12.0 Å². The third-order valence-corrected chi connectivity index (χ3v) is 1.67. The van der Waals surface area contributed by atoms with Gasteiger partial charge < -0.3 is 0 Å². The first-order chi connectivity index (χ1) is 6.13. The Kier molecular flexibility index (Phi) is 2.90. The number of rotatable bonds is 3. The van der Waals surface area contributed by atoms with Crippen molar-refractivity contribution >= 4 is 12.1 Å². The van der Waals surface area contributed by atoms with E-state index in [1.807, 2.05) is 0 Å². The summed E-state index contributed by atoms with van der Waals surface area (Å²) in [5.41, 5.74) is 0.819. The molecule has 0 heterocycles. The molecule has 0 aliphatic heterocycles. The van der Waals surface area contributed by atoms with Gasteiger partial charge in [-0.1, -0.05) is 6.07 Å². The molecule has 0 aliphatic rings. The molecule has 0 saturated heterocycles. The largest absolute Gasteiger partial charge is 0.300 e. The maximum Gasteiger partial charge on any atom is 0.150 e. The number of hydrogen-bond donors (Lipinski definition) is 0. The van der Waals surface area contributed by atoms with Crippen LogP contribution in [-0.2, 0) is 11.2 Å². The molecule has 1 aromatic carbocycles. The van der Waals surface area contributed by atoms with Crippen molar-refractivity contribution in [3.63, 3.8) is 0 Å². The topological polar surface area (TPSA) is 34.1 Å². The molecule has 0 fully saturated rings. The number of carbonyl (C=O) groups excluding carboxylic acids is 2. The van der Waals surface area contributed by atoms with Gasteiger partial charge in [-0.25, -0.2) is 4.39 Å². The van der Waals surface area contributed by atoms with Crippen LogP contribution in [-0.4, -0.2) is 12.1 Å². The van der Waals surface area contributed by atoms with Gasteiger partial charge in [-0.05, 0) is 24.6 Å². The van der Waals surface area contributed by atoms with Crippen LogP contribution in [0.3, 0.4) is 0 Å². The average Bonchev–Trinajstić information content (AvgIpc) is 2.07. The summed E-state index contributed by atoms with van der Waals surface area (Å²) in [4.78, 5) is 21.2. The van der Waals surface area contributed by atoms with Crippen LogP contribution in [0.15, 0.2) is 18.2 Å². The number of halogens is 1. The third kappa shape index (κ3) is 2.47. The van der Waals surface area contributed by atoms with Gasteiger partial charge in [-0.3, -0.25) is 9.59 Å². The van der Waals surface area contributed by atoms with Gasteiger partial charge in [0.15, 0.2) is 0 Å². The van der Waals surface area contributed by atoms with Gasteiger partial charge in [-0.15, -0.1) is 0 Å². The van der Waals surface area contributed by atoms with Crippen molar-refractivity contribution in [2.75, 3.05) is 0 Å². The molecule has 0 atom stereocenters. The lowest BCUT2D eigenvalue weighted by Crippen LogP contribution is -2.00. The molecule has 0 unspecified atom stereocenters. The smallest absolute Gasteiger partial charge is 0.150 e. The van der Waals surface area contributed by atoms with Gasteiger partial charge in [0.25, 0.3) is 0 Å². The molecule has 13 heavy (non-hydrogen) atoms. The molecule has 0 spiro atoms. The zero-order valence-electron chi connectivity index (χ0n) is 7.21. The molecular formula is C10H9FO2. The lowest BCUT2D eigenvalue weighted by molar-refractivity contribution is -0.116. The molecule has 0 aliphatic carbocycles. The van der Waals surface area contributed by atoms with Gasteiger partial charge in [0.05, 0.1) is 0 Å². The highest BCUT2D eigenvalue weighted by Gasteiger charge is 2.05. The fourth-order valence-electron chi connectivity index (χ4n) is 1.10. The molecule has 0 radical (unpaired) electrons. The van der Waals surface area contributed by atoms with Crippen molar-refractivity contribution < 1.29 is 14.0 Å². The molecular weight excluding hydrogens is 171 g/mol. The Morgan fingerprint density at radius 2 is 2.23 bits per heavy atom. The maximum atomic E-state index is 12.6. The summed E-state index contributed by atoms with van der Waals surface area (Å²) in [5.74, 6) is -0.510. The predicted octanol–water partition coefficient (Wildman–Crippen LogP) is 1.77. The van der Waals surface area contributed by atoms with Gasteiger partial charge in [-0.2, -0.15) is 0 Å². The van der Waals surface area contributed by atoms with Crippen molar-refractivity contribution in [3.8, 4) is 0 Å². The van der Waals surface area contributed by atoms with Crippen molar-refractivity contribution in [3.05, 3.63) is 35.1 Å². The van der Waals surface area contributed by atoms with E-state index in [1.165, 1.54) is 19.1 Å². The minimum Gasteiger partial charge on any atom is -0.300 e. The maximum absolute atomic E-state index is 12.6. The number of benzene rings is 1. The van der Waals surface area contributed by atoms with E-state index >= 15 is 0 Å². The number of aldehydes is 1. The summed E-state index contributed by atoms with van der Waals surface area (Å²) in [5, 5.41) is 0. The van der Waals surface area contributed by atoms with Crippen LogP contribution < -0.4 is 0 Å². The minimum atomic E-state index is -0.464. The van der Waals surface area contributed by atoms with Crippen molar-refractivity contribution in [2.24, 2.45) is 0 Å². The van der Waals surface area contributed by atoms with E-state index in [4.69, 9.17) is 0 Å². The van der Waals surface area contributed by atoms with E-state index in [-0.39, 0.29) is 17.8 Å². The Bertz CT molecular complexity index is 345. The van der Waals surface area contributed by atoms with Crippen LogP contribution in [0, 0.1) is 5.82 Å². The van der Waals surface area contributed by atoms with E-state index in [0.717, 1.165) is 6.07 Å². The average molecular weight is 180 g/mol. The molecule has 0 saturated carbocycles. The summed E-state index contributed by atoms with van der Waals surface area (Å²) < 4.78 is 12.6. The standard InChI is InChI=1S/C10H9FO2/c1-7(13)4-8-2-3-10(11)5-9(8)6-12/h2-3,5-6H,4H2,1H3. The summed E-state index contributed by atoms with van der Waals surface area (Å²) in [6.07, 6.45) is 0.732. The highest BCUT2D eigenvalue weighted by Crippen LogP contribution is 2.10. The highest BCUT2D eigenvalue weighted by atomic mass is 19.1. The summed E-state index contributed by atoms with van der Waals surface area (Å²) >= 11 is 0. The van der Waals surface area contributed by atoms with Crippen LogP contribution in [0.4, 0.5) is 4.39 Å². The van der Waals surface area contributed by atoms with Crippen LogP contribution in [0.5, 0.6) is 0 Å². The van der Waals surface area contributed by atoms with Gasteiger partial charge in [0.2, 0.25) is 0 Å². The molecule has 0 aromatic heterocycles. The Morgan fingerprint density at radius 3 is 2.77 bits per heavy atom. The third-order valence-electron chi connectivity index (χ3n) is 1.67. The summed E-state index contributed by atoms with van der Waals surface area (Å²) in [7, 11) is 0. The van der Waals surface area contributed by atoms with E-state index in [1.54, 1.807) is 0 Å². The van der Waals surface area contributed by atoms with Gasteiger partial charge in [0.1, 0.15) is 17.9 Å². The van der Waals surface area contributed by atoms with E-state index < -0.39 is 5.82 Å². The highest BCUT2D eigenvalue weighted by molar-refractivity contribution is 5.84. The van der Waals surface area contributed by atoms with Crippen LogP contribution in [0.1, 0.15) is 22.8 Å². The Balaban J connectivity index is 3.05. The zero-order chi connectivity index (χ0) is 9.84. The fraction of sp³-hybridized carbons (Fsp3) is 0.200. The van der Waals surface area contributed by atoms with E-state index in [9.17, 15) is 14.0 Å². The molecule has 2 nitrogen and oxygen atoms in total. The van der Waals surface area contributed by atoms with Crippen LogP contribution in [0.25, 0.3) is 0 Å². The first-order valence-corrected chi connectivity index (χ1v) is 3.86. The molecule has 0 amide bonds. The second-order valence-electron chi connectivity index (χ2n) is 2.84. The van der Waals surface area contributed by atoms with Crippen molar-refractivity contribution in [1.82, 2.24) is 0 Å². The van der Waals surface area contributed by atoms with E-state index in [2.05, 4.69) is 0 Å². The lowest BCUT2D eigenvalue weighted by atomic mass is 10.0. The summed E-state index contributed by atoms with van der Waals surface area (Å²) in [6.45, 7) is 1.43. The molecule has 0 N–H and O–H groups in total. The predicted molar refractivity (Wildman–Crippen MR) is 46.2 cm³/mol. The first kappa shape index (κ1) is 9.58. The molecule has 68 valence electrons. The minimum absolute atomic E-state index is 0.0466. The van der Waals surface area contributed by atoms with Crippen molar-refractivity contribution in [2.45, 2.75) is 13.3 Å². The van der Waals surface area contributed by atoms with Crippen LogP contribution >= 0.6 is 0 Å².